The Balaban J connectivity index is 1.68. The molecule has 0 spiro atoms. The maximum absolute atomic E-state index is 13.9. The minimum absolute atomic E-state index is 0.170. The number of fused-ring (bicyclic) bond motifs is 1. The Labute approximate surface area is 183 Å². The molecule has 2 aromatic carbocycles. The van der Waals surface area contributed by atoms with Crippen LogP contribution >= 0.6 is 11.6 Å². The van der Waals surface area contributed by atoms with Gasteiger partial charge in [0, 0.05) is 28.6 Å². The lowest BCUT2D eigenvalue weighted by atomic mass is 10.1. The van der Waals surface area contributed by atoms with Gasteiger partial charge in [-0.05, 0) is 35.9 Å². The van der Waals surface area contributed by atoms with Crippen LogP contribution in [0.4, 0.5) is 4.39 Å². The highest BCUT2D eigenvalue weighted by atomic mass is 35.5. The SMILES string of the molecule is COC(=O)c1cc2cc(Cl)cc(Cn3ccc(Cc4ccccc4F)n3)c2nc1OC. The molecule has 2 aromatic heterocycles. The minimum Gasteiger partial charge on any atom is -0.480 e. The Morgan fingerprint density at radius 2 is 1.94 bits per heavy atom. The predicted molar refractivity (Wildman–Crippen MR) is 115 cm³/mol. The number of carbonyl (C=O) groups is 1. The molecule has 8 heteroatoms. The quantitative estimate of drug-likeness (QED) is 0.409. The number of hydrogen-bond donors (Lipinski definition) is 0. The van der Waals surface area contributed by atoms with Crippen molar-refractivity contribution in [2.75, 3.05) is 14.2 Å². The molecule has 0 saturated carbocycles. The molecular formula is C23H19ClFN3O3. The number of ether oxygens (including phenoxy) is 2. The first-order valence-corrected chi connectivity index (χ1v) is 9.87. The second kappa shape index (κ2) is 8.73. The molecule has 0 amide bonds. The van der Waals surface area contributed by atoms with Crippen molar-refractivity contribution < 1.29 is 18.7 Å². The van der Waals surface area contributed by atoms with E-state index >= 15 is 0 Å². The molecule has 0 fully saturated rings. The Kier molecular flexibility index (Phi) is 5.86. The maximum atomic E-state index is 13.9. The van der Waals surface area contributed by atoms with E-state index in [4.69, 9.17) is 21.1 Å². The molecule has 2 heterocycles. The predicted octanol–water partition coefficient (Wildman–Crippen LogP) is 4.66. The topological polar surface area (TPSA) is 66.2 Å². The lowest BCUT2D eigenvalue weighted by Crippen LogP contribution is -2.08. The lowest BCUT2D eigenvalue weighted by Gasteiger charge is -2.12. The van der Waals surface area contributed by atoms with Crippen LogP contribution < -0.4 is 4.74 Å². The Bertz CT molecular complexity index is 1270. The Morgan fingerprint density at radius 3 is 2.68 bits per heavy atom. The van der Waals surface area contributed by atoms with E-state index in [1.165, 1.54) is 20.3 Å². The van der Waals surface area contributed by atoms with Crippen LogP contribution in [0.15, 0.2) is 54.7 Å². The first kappa shape index (κ1) is 20.8. The van der Waals surface area contributed by atoms with Crippen LogP contribution in [-0.2, 0) is 17.7 Å². The first-order valence-electron chi connectivity index (χ1n) is 9.49. The molecular weight excluding hydrogens is 421 g/mol. The third-order valence-electron chi connectivity index (χ3n) is 4.88. The van der Waals surface area contributed by atoms with Crippen molar-refractivity contribution in [3.63, 3.8) is 0 Å². The molecule has 4 aromatic rings. The summed E-state index contributed by atoms with van der Waals surface area (Å²) in [6.45, 7) is 0.391. The fraction of sp³-hybridized carbons (Fsp3) is 0.174. The summed E-state index contributed by atoms with van der Waals surface area (Å²) in [7, 11) is 2.74. The number of halogens is 2. The number of nitrogens with zero attached hydrogens (tertiary/aromatic N) is 3. The van der Waals surface area contributed by atoms with Crippen molar-refractivity contribution in [2.24, 2.45) is 0 Å². The van der Waals surface area contributed by atoms with Gasteiger partial charge in [-0.25, -0.2) is 14.2 Å². The number of hydrogen-bond acceptors (Lipinski definition) is 5. The third-order valence-corrected chi connectivity index (χ3v) is 5.10. The highest BCUT2D eigenvalue weighted by Crippen LogP contribution is 2.29. The van der Waals surface area contributed by atoms with E-state index in [0.29, 0.717) is 34.5 Å². The summed E-state index contributed by atoms with van der Waals surface area (Å²) in [5.41, 5.74) is 2.99. The van der Waals surface area contributed by atoms with Gasteiger partial charge in [-0.1, -0.05) is 29.8 Å². The van der Waals surface area contributed by atoms with E-state index in [2.05, 4.69) is 10.1 Å². The summed E-state index contributed by atoms with van der Waals surface area (Å²) < 4.78 is 25.8. The molecule has 0 bridgehead atoms. The molecule has 0 unspecified atom stereocenters. The summed E-state index contributed by atoms with van der Waals surface area (Å²) in [6.07, 6.45) is 2.22. The largest absolute Gasteiger partial charge is 0.480 e. The smallest absolute Gasteiger partial charge is 0.343 e. The molecule has 31 heavy (non-hydrogen) atoms. The number of aromatic nitrogens is 3. The van der Waals surface area contributed by atoms with Crippen LogP contribution in [0.2, 0.25) is 5.02 Å². The Hall–Kier alpha value is -3.45. The van der Waals surface area contributed by atoms with Crippen LogP contribution in [0.1, 0.15) is 27.2 Å². The average Bonchev–Trinajstić information content (AvgIpc) is 3.20. The van der Waals surface area contributed by atoms with Crippen LogP contribution in [-0.4, -0.2) is 35.0 Å². The second-order valence-corrected chi connectivity index (χ2v) is 7.38. The van der Waals surface area contributed by atoms with Gasteiger partial charge in [-0.15, -0.1) is 0 Å². The number of rotatable bonds is 6. The van der Waals surface area contributed by atoms with Gasteiger partial charge in [0.2, 0.25) is 5.88 Å². The zero-order valence-corrected chi connectivity index (χ0v) is 17.7. The summed E-state index contributed by atoms with van der Waals surface area (Å²) in [5.74, 6) is -0.628. The summed E-state index contributed by atoms with van der Waals surface area (Å²) in [4.78, 5) is 16.6. The minimum atomic E-state index is -0.544. The lowest BCUT2D eigenvalue weighted by molar-refractivity contribution is 0.0596. The molecule has 0 saturated heterocycles. The van der Waals surface area contributed by atoms with Gasteiger partial charge in [0.1, 0.15) is 11.4 Å². The van der Waals surface area contributed by atoms with E-state index in [9.17, 15) is 9.18 Å². The zero-order valence-electron chi connectivity index (χ0n) is 16.9. The molecule has 158 valence electrons. The zero-order chi connectivity index (χ0) is 22.0. The van der Waals surface area contributed by atoms with E-state index in [1.54, 1.807) is 41.1 Å². The van der Waals surface area contributed by atoms with Crippen molar-refractivity contribution in [2.45, 2.75) is 13.0 Å². The molecule has 0 N–H and O–H groups in total. The fourth-order valence-corrected chi connectivity index (χ4v) is 3.68. The Morgan fingerprint density at radius 1 is 1.13 bits per heavy atom. The fourth-order valence-electron chi connectivity index (χ4n) is 3.43. The van der Waals surface area contributed by atoms with Gasteiger partial charge in [0.25, 0.3) is 0 Å². The van der Waals surface area contributed by atoms with Gasteiger partial charge in [0.05, 0.1) is 32.0 Å². The summed E-state index contributed by atoms with van der Waals surface area (Å²) in [6, 6.07) is 13.7. The van der Waals surface area contributed by atoms with Crippen molar-refractivity contribution in [3.05, 3.63) is 88.0 Å². The molecule has 0 radical (unpaired) electrons. The number of pyridine rings is 1. The van der Waals surface area contributed by atoms with Crippen LogP contribution in [0.25, 0.3) is 10.9 Å². The monoisotopic (exact) mass is 439 g/mol. The average molecular weight is 440 g/mol. The maximum Gasteiger partial charge on any atom is 0.343 e. The molecule has 4 rings (SSSR count). The highest BCUT2D eigenvalue weighted by Gasteiger charge is 2.18. The van der Waals surface area contributed by atoms with Gasteiger partial charge >= 0.3 is 5.97 Å². The van der Waals surface area contributed by atoms with E-state index in [1.807, 2.05) is 12.3 Å². The van der Waals surface area contributed by atoms with Crippen LogP contribution in [0.5, 0.6) is 5.88 Å². The molecule has 0 atom stereocenters. The number of esters is 1. The van der Waals surface area contributed by atoms with E-state index in [-0.39, 0.29) is 17.3 Å². The van der Waals surface area contributed by atoms with Gasteiger partial charge in [-0.2, -0.15) is 5.10 Å². The number of benzene rings is 2. The normalized spacial score (nSPS) is 11.0. The number of carbonyl (C=O) groups excluding carboxylic acids is 1. The van der Waals surface area contributed by atoms with E-state index in [0.717, 1.165) is 11.3 Å². The van der Waals surface area contributed by atoms with Crippen molar-refractivity contribution in [1.82, 2.24) is 14.8 Å². The summed E-state index contributed by atoms with van der Waals surface area (Å²) in [5, 5.41) is 5.74. The van der Waals surface area contributed by atoms with Gasteiger partial charge in [-0.3, -0.25) is 4.68 Å². The standard InChI is InChI=1S/C23H19ClFN3O3/c1-30-22-19(23(29)31-2)12-15-9-17(24)10-16(21(15)26-22)13-28-8-7-18(27-28)11-14-5-3-4-6-20(14)25/h3-10,12H,11,13H2,1-2H3. The van der Waals surface area contributed by atoms with Crippen molar-refractivity contribution in [3.8, 4) is 5.88 Å². The number of methoxy groups -OCH3 is 2. The van der Waals surface area contributed by atoms with Crippen LogP contribution in [0.3, 0.4) is 0 Å². The van der Waals surface area contributed by atoms with Crippen molar-refractivity contribution in [1.29, 1.82) is 0 Å². The molecule has 0 aliphatic carbocycles. The molecule has 0 aliphatic heterocycles. The van der Waals surface area contributed by atoms with Crippen molar-refractivity contribution >= 4 is 28.5 Å². The highest BCUT2D eigenvalue weighted by molar-refractivity contribution is 6.31. The van der Waals surface area contributed by atoms with E-state index < -0.39 is 5.97 Å². The van der Waals surface area contributed by atoms with Gasteiger partial charge < -0.3 is 9.47 Å². The van der Waals surface area contributed by atoms with Gasteiger partial charge in [0.15, 0.2) is 0 Å². The summed E-state index contributed by atoms with van der Waals surface area (Å²) >= 11 is 6.31. The molecule has 6 nitrogen and oxygen atoms in total. The first-order chi connectivity index (χ1) is 15.0. The second-order valence-electron chi connectivity index (χ2n) is 6.95. The van der Waals surface area contributed by atoms with Crippen LogP contribution in [0, 0.1) is 5.82 Å². The molecule has 0 aliphatic rings. The third kappa shape index (κ3) is 4.36.